The van der Waals surface area contributed by atoms with Gasteiger partial charge in [-0.25, -0.2) is 4.79 Å². The summed E-state index contributed by atoms with van der Waals surface area (Å²) in [6.07, 6.45) is 0.787. The van der Waals surface area contributed by atoms with Crippen LogP contribution in [0.3, 0.4) is 0 Å². The second-order valence-electron chi connectivity index (χ2n) is 6.24. The van der Waals surface area contributed by atoms with E-state index in [0.29, 0.717) is 5.56 Å². The van der Waals surface area contributed by atoms with E-state index in [1.54, 1.807) is 6.07 Å². The van der Waals surface area contributed by atoms with Crippen molar-refractivity contribution in [3.8, 4) is 0 Å². The first-order valence-electron chi connectivity index (χ1n) is 7.95. The molecular formula is C19H22N2O2. The predicted molar refractivity (Wildman–Crippen MR) is 90.3 cm³/mol. The minimum atomic E-state index is -0.832. The number of nitrogens with zero attached hydrogens (tertiary/aromatic N) is 1. The van der Waals surface area contributed by atoms with Gasteiger partial charge in [0.2, 0.25) is 0 Å². The van der Waals surface area contributed by atoms with Crippen LogP contribution in [0.25, 0.3) is 0 Å². The molecule has 0 aromatic heterocycles. The van der Waals surface area contributed by atoms with Crippen LogP contribution in [0.15, 0.2) is 42.5 Å². The molecule has 0 aliphatic carbocycles. The molecule has 120 valence electrons. The number of aromatic carboxylic acids is 1. The fraction of sp³-hybridized carbons (Fsp3) is 0.316. The summed E-state index contributed by atoms with van der Waals surface area (Å²) in [5.41, 5.74) is 10.8. The van der Waals surface area contributed by atoms with Gasteiger partial charge < -0.3 is 10.8 Å². The number of hydrogen-bond acceptors (Lipinski definition) is 3. The molecule has 4 heteroatoms. The van der Waals surface area contributed by atoms with E-state index in [0.717, 1.165) is 42.7 Å². The van der Waals surface area contributed by atoms with Crippen molar-refractivity contribution in [3.63, 3.8) is 0 Å². The fourth-order valence-electron chi connectivity index (χ4n) is 3.19. The molecule has 23 heavy (non-hydrogen) atoms. The Kier molecular flexibility index (Phi) is 4.46. The summed E-state index contributed by atoms with van der Waals surface area (Å²) in [7, 11) is 0. The molecule has 0 spiro atoms. The molecule has 4 nitrogen and oxygen atoms in total. The van der Waals surface area contributed by atoms with E-state index in [4.69, 9.17) is 5.73 Å². The standard InChI is InChI=1S/C19H22N2O2/c1-13(20)15-7-5-14(6-8-15)11-21-10-9-17-16(12-21)3-2-4-18(17)19(22)23/h2-8,13H,9-12,20H2,1H3,(H,22,23)/t13-/m0/s1. The minimum Gasteiger partial charge on any atom is -0.478 e. The Hall–Kier alpha value is -2.17. The van der Waals surface area contributed by atoms with Crippen LogP contribution in [0, 0.1) is 0 Å². The predicted octanol–water partition coefficient (Wildman–Crippen LogP) is 2.96. The SMILES string of the molecule is C[C@H](N)c1ccc(CN2CCc3c(cccc3C(=O)O)C2)cc1. The molecule has 0 fully saturated rings. The largest absolute Gasteiger partial charge is 0.478 e. The molecule has 0 radical (unpaired) electrons. The van der Waals surface area contributed by atoms with E-state index in [-0.39, 0.29) is 6.04 Å². The Balaban J connectivity index is 1.72. The van der Waals surface area contributed by atoms with Crippen molar-refractivity contribution in [2.45, 2.75) is 32.5 Å². The Labute approximate surface area is 136 Å². The van der Waals surface area contributed by atoms with Gasteiger partial charge in [-0.2, -0.15) is 0 Å². The van der Waals surface area contributed by atoms with Crippen LogP contribution in [0.4, 0.5) is 0 Å². The molecule has 2 aromatic rings. The first kappa shape index (κ1) is 15.7. The Morgan fingerprint density at radius 3 is 2.65 bits per heavy atom. The number of fused-ring (bicyclic) bond motifs is 1. The molecule has 0 saturated heterocycles. The lowest BCUT2D eigenvalue weighted by Gasteiger charge is -2.29. The molecule has 0 bridgehead atoms. The van der Waals surface area contributed by atoms with Gasteiger partial charge in [0, 0.05) is 25.7 Å². The first-order valence-corrected chi connectivity index (χ1v) is 7.95. The molecule has 3 rings (SSSR count). The summed E-state index contributed by atoms with van der Waals surface area (Å²) in [6.45, 7) is 4.53. The van der Waals surface area contributed by atoms with Crippen LogP contribution in [0.1, 0.15) is 45.6 Å². The molecule has 1 atom stereocenters. The molecule has 3 N–H and O–H groups in total. The third kappa shape index (κ3) is 3.44. The van der Waals surface area contributed by atoms with Crippen molar-refractivity contribution in [2.75, 3.05) is 6.54 Å². The van der Waals surface area contributed by atoms with Crippen molar-refractivity contribution < 1.29 is 9.90 Å². The van der Waals surface area contributed by atoms with Crippen molar-refractivity contribution >= 4 is 5.97 Å². The molecule has 0 saturated carbocycles. The first-order chi connectivity index (χ1) is 11.0. The number of carbonyl (C=O) groups is 1. The highest BCUT2D eigenvalue weighted by Gasteiger charge is 2.21. The lowest BCUT2D eigenvalue weighted by molar-refractivity contribution is 0.0694. The maximum absolute atomic E-state index is 11.3. The van der Waals surface area contributed by atoms with Crippen LogP contribution in [-0.2, 0) is 19.5 Å². The van der Waals surface area contributed by atoms with E-state index >= 15 is 0 Å². The van der Waals surface area contributed by atoms with E-state index in [2.05, 4.69) is 29.2 Å². The van der Waals surface area contributed by atoms with E-state index in [9.17, 15) is 9.90 Å². The maximum atomic E-state index is 11.3. The van der Waals surface area contributed by atoms with Gasteiger partial charge in [-0.3, -0.25) is 4.90 Å². The molecule has 1 aliphatic heterocycles. The quantitative estimate of drug-likeness (QED) is 0.911. The zero-order valence-corrected chi connectivity index (χ0v) is 13.3. The van der Waals surface area contributed by atoms with Gasteiger partial charge in [-0.15, -0.1) is 0 Å². The number of carboxylic acids is 1. The van der Waals surface area contributed by atoms with Crippen molar-refractivity contribution in [1.29, 1.82) is 0 Å². The zero-order chi connectivity index (χ0) is 16.4. The summed E-state index contributed by atoms with van der Waals surface area (Å²) in [5.74, 6) is -0.832. The maximum Gasteiger partial charge on any atom is 0.335 e. The monoisotopic (exact) mass is 310 g/mol. The molecule has 0 unspecified atom stereocenters. The number of hydrogen-bond donors (Lipinski definition) is 2. The molecular weight excluding hydrogens is 288 g/mol. The average molecular weight is 310 g/mol. The minimum absolute atomic E-state index is 0.0559. The van der Waals surface area contributed by atoms with E-state index < -0.39 is 5.97 Å². The van der Waals surface area contributed by atoms with Gasteiger partial charge in [0.05, 0.1) is 5.56 Å². The van der Waals surface area contributed by atoms with Gasteiger partial charge >= 0.3 is 5.97 Å². The molecule has 1 heterocycles. The lowest BCUT2D eigenvalue weighted by Crippen LogP contribution is -2.31. The summed E-state index contributed by atoms with van der Waals surface area (Å²) in [5, 5.41) is 9.29. The summed E-state index contributed by atoms with van der Waals surface area (Å²) in [4.78, 5) is 13.7. The second kappa shape index (κ2) is 6.52. The number of carboxylic acid groups (broad SMARTS) is 1. The van der Waals surface area contributed by atoms with Crippen LogP contribution in [0.5, 0.6) is 0 Å². The van der Waals surface area contributed by atoms with E-state index in [1.807, 2.05) is 19.1 Å². The van der Waals surface area contributed by atoms with Crippen molar-refractivity contribution in [1.82, 2.24) is 4.90 Å². The van der Waals surface area contributed by atoms with Gasteiger partial charge in [0.1, 0.15) is 0 Å². The van der Waals surface area contributed by atoms with Crippen molar-refractivity contribution in [3.05, 3.63) is 70.3 Å². The zero-order valence-electron chi connectivity index (χ0n) is 13.3. The third-order valence-electron chi connectivity index (χ3n) is 4.49. The lowest BCUT2D eigenvalue weighted by atomic mass is 9.94. The van der Waals surface area contributed by atoms with Gasteiger partial charge in [0.15, 0.2) is 0 Å². The molecule has 0 amide bonds. The summed E-state index contributed by atoms with van der Waals surface area (Å²) in [6, 6.07) is 14.0. The van der Waals surface area contributed by atoms with Crippen molar-refractivity contribution in [2.24, 2.45) is 5.73 Å². The highest BCUT2D eigenvalue weighted by atomic mass is 16.4. The fourth-order valence-corrected chi connectivity index (χ4v) is 3.19. The van der Waals surface area contributed by atoms with Crippen LogP contribution in [-0.4, -0.2) is 22.5 Å². The van der Waals surface area contributed by atoms with Gasteiger partial charge in [-0.05, 0) is 41.7 Å². The van der Waals surface area contributed by atoms with E-state index in [1.165, 1.54) is 5.56 Å². The topological polar surface area (TPSA) is 66.6 Å². The highest BCUT2D eigenvalue weighted by Crippen LogP contribution is 2.24. The Morgan fingerprint density at radius 2 is 2.00 bits per heavy atom. The normalized spacial score (nSPS) is 15.9. The molecule has 1 aliphatic rings. The summed E-state index contributed by atoms with van der Waals surface area (Å²) >= 11 is 0. The Bertz CT molecular complexity index is 708. The number of benzene rings is 2. The van der Waals surface area contributed by atoms with Crippen LogP contribution >= 0.6 is 0 Å². The number of nitrogens with two attached hydrogens (primary N) is 1. The van der Waals surface area contributed by atoms with Crippen LogP contribution < -0.4 is 5.73 Å². The highest BCUT2D eigenvalue weighted by molar-refractivity contribution is 5.89. The summed E-state index contributed by atoms with van der Waals surface area (Å²) < 4.78 is 0. The van der Waals surface area contributed by atoms with Crippen LogP contribution in [0.2, 0.25) is 0 Å². The van der Waals surface area contributed by atoms with Gasteiger partial charge in [-0.1, -0.05) is 36.4 Å². The third-order valence-corrected chi connectivity index (χ3v) is 4.49. The molecule has 2 aromatic carbocycles. The second-order valence-corrected chi connectivity index (χ2v) is 6.24. The number of rotatable bonds is 4. The van der Waals surface area contributed by atoms with Gasteiger partial charge in [0.25, 0.3) is 0 Å². The smallest absolute Gasteiger partial charge is 0.335 e. The Morgan fingerprint density at radius 1 is 1.26 bits per heavy atom. The average Bonchev–Trinajstić information content (AvgIpc) is 2.54.